The minimum absolute atomic E-state index is 0.262. The van der Waals surface area contributed by atoms with Crippen LogP contribution in [0, 0.1) is 11.3 Å². The lowest BCUT2D eigenvalue weighted by Crippen LogP contribution is -2.20. The second kappa shape index (κ2) is 10.4. The van der Waals surface area contributed by atoms with Gasteiger partial charge in [0, 0.05) is 24.2 Å². The molecule has 2 aliphatic carbocycles. The highest BCUT2D eigenvalue weighted by atomic mass is 16.5. The smallest absolute Gasteiger partial charge is 0.293 e. The number of hydrogen-bond acceptors (Lipinski definition) is 5. The molecule has 2 aromatic carbocycles. The van der Waals surface area contributed by atoms with Gasteiger partial charge in [-0.05, 0) is 81.3 Å². The maximum atomic E-state index is 9.97. The van der Waals surface area contributed by atoms with E-state index in [0.717, 1.165) is 52.0 Å². The van der Waals surface area contributed by atoms with Gasteiger partial charge in [0.25, 0.3) is 6.47 Å². The molecule has 1 heterocycles. The molecule has 33 heavy (non-hydrogen) atoms. The predicted octanol–water partition coefficient (Wildman–Crippen LogP) is 6.06. The van der Waals surface area contributed by atoms with E-state index in [2.05, 4.69) is 51.0 Å². The first-order valence-corrected chi connectivity index (χ1v) is 11.8. The Morgan fingerprint density at radius 3 is 2.33 bits per heavy atom. The molecule has 6 nitrogen and oxygen atoms in total. The summed E-state index contributed by atoms with van der Waals surface area (Å²) in [6, 6.07) is 17.4. The molecule has 172 valence electrons. The third-order valence-electron chi connectivity index (χ3n) is 6.58. The van der Waals surface area contributed by atoms with Gasteiger partial charge in [0.1, 0.15) is 17.9 Å². The first-order chi connectivity index (χ1) is 16.2. The minimum atomic E-state index is 0.262. The van der Waals surface area contributed by atoms with Gasteiger partial charge in [-0.3, -0.25) is 4.79 Å². The number of hydrogen-bond donors (Lipinski definition) is 1. The molecule has 0 radical (unpaired) electrons. The molecular weight excluding hydrogens is 414 g/mol. The van der Waals surface area contributed by atoms with Gasteiger partial charge in [0.05, 0.1) is 23.4 Å². The second-order valence-electron chi connectivity index (χ2n) is 8.51. The van der Waals surface area contributed by atoms with Crippen LogP contribution in [-0.2, 0) is 9.53 Å². The molecule has 5 rings (SSSR count). The van der Waals surface area contributed by atoms with Gasteiger partial charge in [0.15, 0.2) is 0 Å². The molecule has 0 atom stereocenters. The maximum Gasteiger partial charge on any atom is 0.293 e. The van der Waals surface area contributed by atoms with Gasteiger partial charge in [-0.15, -0.1) is 0 Å². The third kappa shape index (κ3) is 4.68. The molecule has 3 aromatic rings. The molecule has 6 heteroatoms. The summed E-state index contributed by atoms with van der Waals surface area (Å²) in [5, 5.41) is 14.1. The van der Waals surface area contributed by atoms with Crippen molar-refractivity contribution < 1.29 is 14.3 Å². The molecule has 0 bridgehead atoms. The van der Waals surface area contributed by atoms with E-state index in [0.29, 0.717) is 19.1 Å². The molecule has 1 N–H and O–H groups in total. The van der Waals surface area contributed by atoms with Crippen LogP contribution in [0.1, 0.15) is 57.1 Å². The summed E-state index contributed by atoms with van der Waals surface area (Å²) in [7, 11) is 1.91. The zero-order chi connectivity index (χ0) is 23.2. The molecular formula is C27H31N3O3. The number of aromatic nitrogens is 1. The minimum Gasteiger partial charge on any atom is -0.494 e. The Labute approximate surface area is 195 Å². The van der Waals surface area contributed by atoms with E-state index in [-0.39, 0.29) is 6.10 Å². The average Bonchev–Trinajstić information content (AvgIpc) is 3.09. The van der Waals surface area contributed by atoms with Crippen LogP contribution in [0.4, 0.5) is 5.69 Å². The van der Waals surface area contributed by atoms with Crippen LogP contribution in [-0.4, -0.2) is 30.8 Å². The summed E-state index contributed by atoms with van der Waals surface area (Å²) in [4.78, 5) is 9.59. The highest BCUT2D eigenvalue weighted by Gasteiger charge is 2.27. The summed E-state index contributed by atoms with van der Waals surface area (Å²) in [6.07, 6.45) is 7.21. The Morgan fingerprint density at radius 1 is 1.12 bits per heavy atom. The van der Waals surface area contributed by atoms with Crippen LogP contribution < -0.4 is 10.1 Å². The predicted molar refractivity (Wildman–Crippen MR) is 130 cm³/mol. The zero-order valence-corrected chi connectivity index (χ0v) is 19.3. The van der Waals surface area contributed by atoms with E-state index in [4.69, 9.17) is 4.74 Å². The van der Waals surface area contributed by atoms with Gasteiger partial charge in [-0.2, -0.15) is 5.26 Å². The monoisotopic (exact) mass is 445 g/mol. The van der Waals surface area contributed by atoms with E-state index in [9.17, 15) is 10.1 Å². The standard InChI is InChI=1S/C22H23N3O.C5H8O2/c1-3-26-18-11-12-21-19(13-18)20(14-23)22(25(21)17-5-4-6-17)15-7-9-16(24-2)10-8-15;6-4-7-5-2-1-3-5/h7-13,17,24H,3-6H2,1-2H3;4-5H,1-3H2. The van der Waals surface area contributed by atoms with Crippen molar-refractivity contribution in [1.82, 2.24) is 4.57 Å². The summed E-state index contributed by atoms with van der Waals surface area (Å²) in [5.74, 6) is 0.819. The van der Waals surface area contributed by atoms with Gasteiger partial charge in [-0.1, -0.05) is 12.1 Å². The summed E-state index contributed by atoms with van der Waals surface area (Å²) >= 11 is 0. The number of anilines is 1. The lowest BCUT2D eigenvalue weighted by atomic mass is 9.92. The van der Waals surface area contributed by atoms with Crippen LogP contribution in [0.2, 0.25) is 0 Å². The largest absolute Gasteiger partial charge is 0.494 e. The fourth-order valence-electron chi connectivity index (χ4n) is 4.35. The fourth-order valence-corrected chi connectivity index (χ4v) is 4.35. The molecule has 0 amide bonds. The fraction of sp³-hybridized carbons (Fsp3) is 0.407. The van der Waals surface area contributed by atoms with Crippen LogP contribution in [0.3, 0.4) is 0 Å². The van der Waals surface area contributed by atoms with E-state index >= 15 is 0 Å². The quantitative estimate of drug-likeness (QED) is 0.448. The third-order valence-corrected chi connectivity index (χ3v) is 6.58. The van der Waals surface area contributed by atoms with Crippen molar-refractivity contribution in [3.63, 3.8) is 0 Å². The zero-order valence-electron chi connectivity index (χ0n) is 19.3. The van der Waals surface area contributed by atoms with Gasteiger partial charge in [-0.25, -0.2) is 0 Å². The van der Waals surface area contributed by atoms with E-state index in [1.165, 1.54) is 25.7 Å². The summed E-state index contributed by atoms with van der Waals surface area (Å²) in [5.41, 5.74) is 5.05. The molecule has 1 aromatic heterocycles. The van der Waals surface area contributed by atoms with E-state index < -0.39 is 0 Å². The molecule has 2 aliphatic rings. The number of nitriles is 1. The Bertz CT molecular complexity index is 1140. The molecule has 0 unspecified atom stereocenters. The number of fused-ring (bicyclic) bond motifs is 1. The first kappa shape index (κ1) is 22.7. The molecule has 2 fully saturated rings. The molecule has 0 aliphatic heterocycles. The number of nitrogens with zero attached hydrogens (tertiary/aromatic N) is 2. The highest BCUT2D eigenvalue weighted by Crippen LogP contribution is 2.43. The molecule has 0 spiro atoms. The lowest BCUT2D eigenvalue weighted by molar-refractivity contribution is -0.137. The SMILES string of the molecule is CCOc1ccc2c(c1)c(C#N)c(-c1ccc(NC)cc1)n2C1CCC1.O=COC1CCC1. The second-order valence-corrected chi connectivity index (χ2v) is 8.51. The van der Waals surface area contributed by atoms with Gasteiger partial charge >= 0.3 is 0 Å². The van der Waals surface area contributed by atoms with E-state index in [1.807, 2.05) is 26.1 Å². The average molecular weight is 446 g/mol. The Morgan fingerprint density at radius 2 is 1.85 bits per heavy atom. The normalized spacial score (nSPS) is 15.4. The van der Waals surface area contributed by atoms with Crippen LogP contribution in [0.15, 0.2) is 42.5 Å². The molecule has 2 saturated carbocycles. The van der Waals surface area contributed by atoms with Crippen LogP contribution in [0.5, 0.6) is 5.75 Å². The lowest BCUT2D eigenvalue weighted by Gasteiger charge is -2.30. The highest BCUT2D eigenvalue weighted by molar-refractivity contribution is 5.95. The van der Waals surface area contributed by atoms with Crippen molar-refractivity contribution in [3.05, 3.63) is 48.0 Å². The van der Waals surface area contributed by atoms with Crippen LogP contribution >= 0.6 is 0 Å². The number of nitrogens with one attached hydrogen (secondary N) is 1. The van der Waals surface area contributed by atoms with E-state index in [1.54, 1.807) is 0 Å². The van der Waals surface area contributed by atoms with Crippen molar-refractivity contribution in [2.24, 2.45) is 0 Å². The number of ether oxygens (including phenoxy) is 2. The first-order valence-electron chi connectivity index (χ1n) is 11.8. The Balaban J connectivity index is 0.000000318. The number of benzene rings is 2. The molecule has 0 saturated heterocycles. The number of carbonyl (C=O) groups is 1. The van der Waals surface area contributed by atoms with Crippen molar-refractivity contribution >= 4 is 23.1 Å². The topological polar surface area (TPSA) is 76.3 Å². The van der Waals surface area contributed by atoms with Gasteiger partial charge < -0.3 is 19.4 Å². The van der Waals surface area contributed by atoms with Crippen molar-refractivity contribution in [1.29, 1.82) is 5.26 Å². The maximum absolute atomic E-state index is 9.97. The summed E-state index contributed by atoms with van der Waals surface area (Å²) < 4.78 is 12.6. The van der Waals surface area contributed by atoms with Gasteiger partial charge in [0.2, 0.25) is 0 Å². The summed E-state index contributed by atoms with van der Waals surface area (Å²) in [6.45, 7) is 3.13. The Hall–Kier alpha value is -3.46. The van der Waals surface area contributed by atoms with Crippen molar-refractivity contribution in [2.45, 2.75) is 57.6 Å². The number of carbonyl (C=O) groups excluding carboxylic acids is 1. The number of rotatable bonds is 7. The van der Waals surface area contributed by atoms with Crippen molar-refractivity contribution in [3.8, 4) is 23.1 Å². The van der Waals surface area contributed by atoms with Crippen LogP contribution in [0.25, 0.3) is 22.2 Å². The Kier molecular flexibility index (Phi) is 7.19. The van der Waals surface area contributed by atoms with Crippen molar-refractivity contribution in [2.75, 3.05) is 19.0 Å².